The number of aromatic nitrogens is 3. The summed E-state index contributed by atoms with van der Waals surface area (Å²) in [5, 5.41) is 6.63. The van der Waals surface area contributed by atoms with Gasteiger partial charge in [-0.05, 0) is 34.4 Å². The molecular weight excluding hydrogens is 811 g/mol. The predicted octanol–water partition coefficient (Wildman–Crippen LogP) is 10.6. The van der Waals surface area contributed by atoms with Crippen molar-refractivity contribution in [3.8, 4) is 0 Å². The van der Waals surface area contributed by atoms with Crippen LogP contribution >= 0.6 is 0 Å². The summed E-state index contributed by atoms with van der Waals surface area (Å²) in [6.07, 6.45) is 0. The molecule has 0 amide bonds. The Morgan fingerprint density at radius 3 is 0.923 bits per heavy atom. The van der Waals surface area contributed by atoms with Gasteiger partial charge in [-0.1, -0.05) is 72.8 Å². The van der Waals surface area contributed by atoms with Crippen LogP contribution in [0.25, 0.3) is 32.3 Å². The Bertz CT molecular complexity index is 2410. The third kappa shape index (κ3) is 5.43. The average molecular weight is 841 g/mol. The molecule has 1 aliphatic heterocycles. The number of hydrogen-bond donors (Lipinski definition) is 0. The van der Waals surface area contributed by atoms with Crippen molar-refractivity contribution < 1.29 is 20.1 Å². The van der Waals surface area contributed by atoms with Crippen LogP contribution in [0.15, 0.2) is 164 Å². The van der Waals surface area contributed by atoms with E-state index in [1.807, 2.05) is 36.4 Å². The van der Waals surface area contributed by atoms with E-state index in [9.17, 15) is 0 Å². The van der Waals surface area contributed by atoms with Gasteiger partial charge in [-0.3, -0.25) is 15.0 Å². The standard InChI is InChI=1S/C48H30N3.Ir/c1-4-16-31(17-5-1)43-40-28-34-22-11-14-26-38(34)47(49-40)45(33-20-8-3-9-21-33)42-30-36-24-12-15-27-39(36)48(51-42)44(32-18-6-2-7-19-32)41-29-35-23-10-13-25-37(35)46(43)50-41;/h1-16,18,20,22-30,43-45H;/q-3;+3. The average Bonchev–Trinajstić information content (AvgIpc) is 3.19. The molecule has 3 aromatic heterocycles. The number of hydrogen-bond acceptors (Lipinski definition) is 3. The number of benzene rings is 6. The van der Waals surface area contributed by atoms with E-state index in [0.717, 1.165) is 83.2 Å². The van der Waals surface area contributed by atoms with Gasteiger partial charge in [0.05, 0.1) is 34.2 Å². The van der Waals surface area contributed by atoms with Gasteiger partial charge < -0.3 is 0 Å². The smallest absolute Gasteiger partial charge is 0.255 e. The van der Waals surface area contributed by atoms with Crippen LogP contribution in [0.1, 0.15) is 68.6 Å². The summed E-state index contributed by atoms with van der Waals surface area (Å²) >= 11 is 0. The Morgan fingerprint density at radius 2 is 0.635 bits per heavy atom. The summed E-state index contributed by atoms with van der Waals surface area (Å²) in [5.74, 6) is -0.868. The molecule has 0 spiro atoms. The van der Waals surface area contributed by atoms with E-state index in [-0.39, 0.29) is 37.9 Å². The van der Waals surface area contributed by atoms with Gasteiger partial charge in [0, 0.05) is 33.9 Å². The summed E-state index contributed by atoms with van der Waals surface area (Å²) in [6, 6.07) is 68.0. The molecule has 6 bridgehead atoms. The largest absolute Gasteiger partial charge is 3.00 e. The molecule has 1 aliphatic rings. The minimum Gasteiger partial charge on any atom is -0.255 e. The molecule has 3 atom stereocenters. The fraction of sp³-hybridized carbons (Fsp3) is 0.0625. The summed E-state index contributed by atoms with van der Waals surface area (Å²) in [4.78, 5) is 17.1. The molecule has 0 N–H and O–H groups in total. The van der Waals surface area contributed by atoms with Crippen molar-refractivity contribution in [1.29, 1.82) is 0 Å². The van der Waals surface area contributed by atoms with Crippen LogP contribution in [0.4, 0.5) is 0 Å². The van der Waals surface area contributed by atoms with E-state index in [4.69, 9.17) is 15.0 Å². The first-order valence-corrected chi connectivity index (χ1v) is 17.4. The van der Waals surface area contributed by atoms with E-state index >= 15 is 0 Å². The molecule has 0 saturated carbocycles. The third-order valence-corrected chi connectivity index (χ3v) is 10.2. The number of rotatable bonds is 3. The molecule has 246 valence electrons. The van der Waals surface area contributed by atoms with Crippen molar-refractivity contribution in [2.75, 3.05) is 0 Å². The number of pyridine rings is 3. The molecule has 0 radical (unpaired) electrons. The molecule has 9 aromatic rings. The summed E-state index contributed by atoms with van der Waals surface area (Å²) in [6.45, 7) is 0. The molecule has 52 heavy (non-hydrogen) atoms. The van der Waals surface area contributed by atoms with Gasteiger partial charge in [0.1, 0.15) is 0 Å². The van der Waals surface area contributed by atoms with Crippen molar-refractivity contribution in [1.82, 2.24) is 15.0 Å². The fourth-order valence-corrected chi connectivity index (χ4v) is 7.95. The van der Waals surface area contributed by atoms with E-state index in [0.29, 0.717) is 0 Å². The Kier molecular flexibility index (Phi) is 8.27. The van der Waals surface area contributed by atoms with Gasteiger partial charge in [-0.15, -0.1) is 16.7 Å². The first-order chi connectivity index (χ1) is 25.3. The van der Waals surface area contributed by atoms with Crippen molar-refractivity contribution in [3.05, 3.63) is 233 Å². The van der Waals surface area contributed by atoms with Gasteiger partial charge in [-0.25, -0.2) is 0 Å². The SMILES string of the molecule is [Ir+3].[c-]1ccccc1C1c2cc3ccccc3c(n2)C(c2[c-]cccc2)c2cc3ccccc3c(n2)C(c2[c-]cccc2)c2cc3ccccc3c1n2. The maximum atomic E-state index is 5.69. The van der Waals surface area contributed by atoms with Crippen LogP contribution in [0.5, 0.6) is 0 Å². The second-order valence-electron chi connectivity index (χ2n) is 13.2. The van der Waals surface area contributed by atoms with Crippen LogP contribution in [-0.2, 0) is 20.1 Å². The van der Waals surface area contributed by atoms with Crippen molar-refractivity contribution >= 4 is 32.3 Å². The van der Waals surface area contributed by atoms with Crippen LogP contribution in [0, 0.1) is 18.2 Å². The first-order valence-electron chi connectivity index (χ1n) is 17.4. The zero-order valence-electron chi connectivity index (χ0n) is 28.0. The monoisotopic (exact) mass is 841 g/mol. The first kappa shape index (κ1) is 32.1. The van der Waals surface area contributed by atoms with Crippen molar-refractivity contribution in [2.45, 2.75) is 17.8 Å². The van der Waals surface area contributed by atoms with Crippen LogP contribution in [0.2, 0.25) is 0 Å². The molecular formula is C48H30IrN3. The molecule has 3 unspecified atom stereocenters. The number of nitrogens with zero attached hydrogens (tertiary/aromatic N) is 3. The van der Waals surface area contributed by atoms with E-state index < -0.39 is 0 Å². The number of fused-ring (bicyclic) bond motifs is 12. The maximum Gasteiger partial charge on any atom is 3.00 e. The maximum absolute atomic E-state index is 5.69. The molecule has 6 aromatic carbocycles. The fourth-order valence-electron chi connectivity index (χ4n) is 7.95. The normalized spacial score (nSPS) is 16.5. The molecule has 3 nitrogen and oxygen atoms in total. The Hall–Kier alpha value is -5.80. The molecule has 10 rings (SSSR count). The molecule has 0 aliphatic carbocycles. The molecule has 4 heteroatoms. The van der Waals surface area contributed by atoms with Crippen LogP contribution in [-0.4, -0.2) is 15.0 Å². The second kappa shape index (κ2) is 13.4. The Balaban J connectivity index is 0.00000360. The van der Waals surface area contributed by atoms with Crippen LogP contribution < -0.4 is 0 Å². The molecule has 0 saturated heterocycles. The minimum absolute atomic E-state index is 0. The predicted molar refractivity (Wildman–Crippen MR) is 204 cm³/mol. The van der Waals surface area contributed by atoms with Crippen molar-refractivity contribution in [3.63, 3.8) is 0 Å². The summed E-state index contributed by atoms with van der Waals surface area (Å²) < 4.78 is 0. The van der Waals surface area contributed by atoms with Gasteiger partial charge >= 0.3 is 20.1 Å². The van der Waals surface area contributed by atoms with Gasteiger partial charge in [0.15, 0.2) is 0 Å². The zero-order valence-corrected chi connectivity index (χ0v) is 30.4. The zero-order chi connectivity index (χ0) is 33.7. The van der Waals surface area contributed by atoms with Crippen LogP contribution in [0.3, 0.4) is 0 Å². The van der Waals surface area contributed by atoms with Crippen molar-refractivity contribution in [2.24, 2.45) is 0 Å². The minimum atomic E-state index is -0.289. The molecule has 0 fully saturated rings. The quantitative estimate of drug-likeness (QED) is 0.166. The Labute approximate surface area is 316 Å². The Morgan fingerprint density at radius 1 is 0.346 bits per heavy atom. The second-order valence-corrected chi connectivity index (χ2v) is 13.2. The van der Waals surface area contributed by atoms with E-state index in [2.05, 4.69) is 146 Å². The van der Waals surface area contributed by atoms with E-state index in [1.165, 1.54) is 0 Å². The third-order valence-electron chi connectivity index (χ3n) is 10.2. The molecule has 4 heterocycles. The van der Waals surface area contributed by atoms with Gasteiger partial charge in [-0.2, -0.15) is 91.0 Å². The summed E-state index contributed by atoms with van der Waals surface area (Å²) in [5.41, 5.74) is 8.67. The van der Waals surface area contributed by atoms with Gasteiger partial charge in [0.2, 0.25) is 0 Å². The summed E-state index contributed by atoms with van der Waals surface area (Å²) in [7, 11) is 0. The topological polar surface area (TPSA) is 38.7 Å². The van der Waals surface area contributed by atoms with Gasteiger partial charge in [0.25, 0.3) is 0 Å². The van der Waals surface area contributed by atoms with E-state index in [1.54, 1.807) is 0 Å².